The summed E-state index contributed by atoms with van der Waals surface area (Å²) in [6, 6.07) is 10.9. The fourth-order valence-corrected chi connectivity index (χ4v) is 3.43. The molecule has 1 fully saturated rings. The van der Waals surface area contributed by atoms with E-state index >= 15 is 0 Å². The van der Waals surface area contributed by atoms with Gasteiger partial charge in [0.15, 0.2) is 5.65 Å². The van der Waals surface area contributed by atoms with Crippen LogP contribution in [0.15, 0.2) is 42.9 Å². The lowest BCUT2D eigenvalue weighted by Crippen LogP contribution is -2.30. The molecule has 0 aliphatic carbocycles. The molecule has 0 saturated carbocycles. The van der Waals surface area contributed by atoms with Gasteiger partial charge in [0.05, 0.1) is 17.1 Å². The van der Waals surface area contributed by atoms with Crippen molar-refractivity contribution >= 4 is 11.0 Å². The summed E-state index contributed by atoms with van der Waals surface area (Å²) in [4.78, 5) is 8.75. The van der Waals surface area contributed by atoms with Crippen LogP contribution in [0.5, 0.6) is 0 Å². The molecule has 118 valence electrons. The van der Waals surface area contributed by atoms with E-state index < -0.39 is 0 Å². The average Bonchev–Trinajstić information content (AvgIpc) is 3.02. The van der Waals surface area contributed by atoms with E-state index in [0.29, 0.717) is 6.04 Å². The van der Waals surface area contributed by atoms with Gasteiger partial charge in [0, 0.05) is 12.1 Å². The highest BCUT2D eigenvalue weighted by Crippen LogP contribution is 2.31. The minimum Gasteiger partial charge on any atom is -0.317 e. The van der Waals surface area contributed by atoms with Crippen LogP contribution in [0.25, 0.3) is 11.0 Å². The lowest BCUT2D eigenvalue weighted by atomic mass is 9.96. The van der Waals surface area contributed by atoms with Gasteiger partial charge in [-0.05, 0) is 31.5 Å². The average molecular weight is 307 g/mol. The summed E-state index contributed by atoms with van der Waals surface area (Å²) >= 11 is 0. The zero-order valence-electron chi connectivity index (χ0n) is 13.3. The summed E-state index contributed by atoms with van der Waals surface area (Å²) < 4.78 is 2.13. The van der Waals surface area contributed by atoms with Gasteiger partial charge in [-0.25, -0.2) is 14.6 Å². The van der Waals surface area contributed by atoms with Gasteiger partial charge in [0.2, 0.25) is 0 Å². The van der Waals surface area contributed by atoms with Crippen molar-refractivity contribution in [1.29, 1.82) is 0 Å². The summed E-state index contributed by atoms with van der Waals surface area (Å²) in [7, 11) is 0. The lowest BCUT2D eigenvalue weighted by Gasteiger charge is -2.23. The van der Waals surface area contributed by atoms with Gasteiger partial charge in [-0.2, -0.15) is 5.10 Å². The fourth-order valence-electron chi connectivity index (χ4n) is 3.43. The molecule has 23 heavy (non-hydrogen) atoms. The molecule has 1 aliphatic heterocycles. The van der Waals surface area contributed by atoms with Gasteiger partial charge in [-0.15, -0.1) is 0 Å². The van der Waals surface area contributed by atoms with Crippen molar-refractivity contribution in [3.05, 3.63) is 54.1 Å². The van der Waals surface area contributed by atoms with Crippen LogP contribution >= 0.6 is 0 Å². The molecule has 1 aliphatic rings. The van der Waals surface area contributed by atoms with Gasteiger partial charge in [-0.1, -0.05) is 37.3 Å². The Hall–Kier alpha value is -2.27. The Morgan fingerprint density at radius 3 is 2.74 bits per heavy atom. The van der Waals surface area contributed by atoms with Crippen LogP contribution in [0.4, 0.5) is 0 Å². The molecule has 1 unspecified atom stereocenters. The van der Waals surface area contributed by atoms with Crippen LogP contribution in [-0.4, -0.2) is 32.8 Å². The first-order chi connectivity index (χ1) is 11.3. The highest BCUT2D eigenvalue weighted by molar-refractivity contribution is 5.78. The van der Waals surface area contributed by atoms with Crippen molar-refractivity contribution in [2.24, 2.45) is 0 Å². The number of hydrogen-bond donors (Lipinski definition) is 1. The van der Waals surface area contributed by atoms with E-state index in [4.69, 9.17) is 5.10 Å². The Kier molecular flexibility index (Phi) is 3.79. The molecule has 3 aromatic rings. The molecule has 0 bridgehead atoms. The molecule has 1 aromatic carbocycles. The third-order valence-electron chi connectivity index (χ3n) is 4.76. The van der Waals surface area contributed by atoms with Crippen molar-refractivity contribution in [2.75, 3.05) is 13.1 Å². The second-order valence-electron chi connectivity index (χ2n) is 6.20. The van der Waals surface area contributed by atoms with Crippen molar-refractivity contribution < 1.29 is 0 Å². The summed E-state index contributed by atoms with van der Waals surface area (Å²) in [6.07, 6.45) is 5.72. The summed E-state index contributed by atoms with van der Waals surface area (Å²) in [6.45, 7) is 4.29. The number of nitrogens with one attached hydrogen (secondary N) is 1. The van der Waals surface area contributed by atoms with Gasteiger partial charge < -0.3 is 5.32 Å². The zero-order valence-corrected chi connectivity index (χ0v) is 13.3. The van der Waals surface area contributed by atoms with Gasteiger partial charge in [-0.3, -0.25) is 0 Å². The smallest absolute Gasteiger partial charge is 0.161 e. The highest BCUT2D eigenvalue weighted by Gasteiger charge is 2.23. The Morgan fingerprint density at radius 1 is 1.17 bits per heavy atom. The van der Waals surface area contributed by atoms with Crippen molar-refractivity contribution in [3.63, 3.8) is 0 Å². The zero-order chi connectivity index (χ0) is 15.6. The molecule has 0 radical (unpaired) electrons. The topological polar surface area (TPSA) is 55.6 Å². The quantitative estimate of drug-likeness (QED) is 0.808. The maximum Gasteiger partial charge on any atom is 0.161 e. The first kappa shape index (κ1) is 14.3. The van der Waals surface area contributed by atoms with E-state index in [1.54, 1.807) is 6.33 Å². The predicted octanol–water partition coefficient (Wildman–Crippen LogP) is 2.90. The second kappa shape index (κ2) is 6.08. The standard InChI is InChI=1S/C18H21N5/c1-13(14-5-3-2-4-6-14)17-16-11-20-12-21-18(16)23(22-17)15-7-9-19-10-8-15/h2-6,11-13,15,19H,7-10H2,1H3. The Bertz CT molecular complexity index is 790. The van der Waals surface area contributed by atoms with Crippen LogP contribution in [0, 0.1) is 0 Å². The van der Waals surface area contributed by atoms with E-state index in [0.717, 1.165) is 42.7 Å². The van der Waals surface area contributed by atoms with E-state index in [1.165, 1.54) is 5.56 Å². The number of piperidine rings is 1. The Balaban J connectivity index is 1.81. The molecule has 1 N–H and O–H groups in total. The maximum absolute atomic E-state index is 4.98. The van der Waals surface area contributed by atoms with Crippen molar-refractivity contribution in [2.45, 2.75) is 31.7 Å². The molecule has 4 rings (SSSR count). The summed E-state index contributed by atoms with van der Waals surface area (Å²) in [5.41, 5.74) is 3.31. The molecule has 0 spiro atoms. The van der Waals surface area contributed by atoms with E-state index in [2.05, 4.69) is 51.2 Å². The first-order valence-electron chi connectivity index (χ1n) is 8.28. The highest BCUT2D eigenvalue weighted by atomic mass is 15.3. The monoisotopic (exact) mass is 307 g/mol. The third kappa shape index (κ3) is 2.61. The summed E-state index contributed by atoms with van der Waals surface area (Å²) in [5, 5.41) is 9.46. The third-order valence-corrected chi connectivity index (χ3v) is 4.76. The Morgan fingerprint density at radius 2 is 1.96 bits per heavy atom. The van der Waals surface area contributed by atoms with E-state index in [-0.39, 0.29) is 5.92 Å². The molecular weight excluding hydrogens is 286 g/mol. The first-order valence-corrected chi connectivity index (χ1v) is 8.28. The van der Waals surface area contributed by atoms with E-state index in [9.17, 15) is 0 Å². The number of aromatic nitrogens is 4. The van der Waals surface area contributed by atoms with Crippen LogP contribution in [0.3, 0.4) is 0 Å². The molecule has 5 heteroatoms. The molecule has 5 nitrogen and oxygen atoms in total. The molecule has 0 amide bonds. The van der Waals surface area contributed by atoms with Crippen molar-refractivity contribution in [3.8, 4) is 0 Å². The van der Waals surface area contributed by atoms with Gasteiger partial charge in [0.25, 0.3) is 0 Å². The number of rotatable bonds is 3. The SMILES string of the molecule is CC(c1ccccc1)c1nn(C2CCNCC2)c2ncncc12. The predicted molar refractivity (Wildman–Crippen MR) is 90.4 cm³/mol. The van der Waals surface area contributed by atoms with E-state index in [1.807, 2.05) is 12.3 Å². The van der Waals surface area contributed by atoms with Crippen LogP contribution in [0.1, 0.15) is 43.0 Å². The number of hydrogen-bond acceptors (Lipinski definition) is 4. The summed E-state index contributed by atoms with van der Waals surface area (Å²) in [5.74, 6) is 0.229. The van der Waals surface area contributed by atoms with Crippen molar-refractivity contribution in [1.82, 2.24) is 25.1 Å². The maximum atomic E-state index is 4.98. The molecule has 2 aromatic heterocycles. The van der Waals surface area contributed by atoms with Gasteiger partial charge in [0.1, 0.15) is 6.33 Å². The molecule has 1 atom stereocenters. The van der Waals surface area contributed by atoms with Crippen LogP contribution < -0.4 is 5.32 Å². The Labute approximate surface area is 135 Å². The normalized spacial score (nSPS) is 17.4. The lowest BCUT2D eigenvalue weighted by molar-refractivity contribution is 0.348. The fraction of sp³-hybridized carbons (Fsp3) is 0.389. The van der Waals surface area contributed by atoms with Crippen LogP contribution in [-0.2, 0) is 0 Å². The van der Waals surface area contributed by atoms with Gasteiger partial charge >= 0.3 is 0 Å². The minimum atomic E-state index is 0.229. The largest absolute Gasteiger partial charge is 0.317 e. The number of fused-ring (bicyclic) bond motifs is 1. The minimum absolute atomic E-state index is 0.229. The molecular formula is C18H21N5. The molecule has 1 saturated heterocycles. The molecule has 3 heterocycles. The second-order valence-corrected chi connectivity index (χ2v) is 6.20. The van der Waals surface area contributed by atoms with Crippen LogP contribution in [0.2, 0.25) is 0 Å². The number of nitrogens with zero attached hydrogens (tertiary/aromatic N) is 4. The number of benzene rings is 1.